The molecule has 35 heavy (non-hydrogen) atoms. The molecule has 0 spiro atoms. The molecule has 1 aliphatic heterocycles. The van der Waals surface area contributed by atoms with Crippen molar-refractivity contribution in [2.75, 3.05) is 19.0 Å². The number of benzene rings is 3. The molecular weight excluding hydrogens is 444 g/mol. The van der Waals surface area contributed by atoms with E-state index in [9.17, 15) is 9.59 Å². The van der Waals surface area contributed by atoms with E-state index in [1.54, 1.807) is 18.1 Å². The molecule has 1 atom stereocenters. The molecule has 4 aromatic rings. The first kappa shape index (κ1) is 22.3. The van der Waals surface area contributed by atoms with Gasteiger partial charge in [-0.2, -0.15) is 4.98 Å². The van der Waals surface area contributed by atoms with Crippen molar-refractivity contribution in [3.63, 3.8) is 0 Å². The van der Waals surface area contributed by atoms with E-state index >= 15 is 0 Å². The maximum atomic E-state index is 13.1. The summed E-state index contributed by atoms with van der Waals surface area (Å²) < 4.78 is 10.7. The fraction of sp³-hybridized carbons (Fsp3) is 0.185. The molecule has 1 N–H and O–H groups in total. The molecule has 3 aromatic carbocycles. The molecule has 2 amide bonds. The average molecular weight is 469 g/mol. The van der Waals surface area contributed by atoms with Crippen LogP contribution in [-0.4, -0.2) is 40.5 Å². The third-order valence-electron chi connectivity index (χ3n) is 5.99. The van der Waals surface area contributed by atoms with Crippen LogP contribution in [0.3, 0.4) is 0 Å². The first-order valence-corrected chi connectivity index (χ1v) is 11.3. The van der Waals surface area contributed by atoms with Crippen molar-refractivity contribution in [2.24, 2.45) is 5.92 Å². The quantitative estimate of drug-likeness (QED) is 0.432. The van der Waals surface area contributed by atoms with Gasteiger partial charge in [0.15, 0.2) is 0 Å². The molecule has 1 saturated heterocycles. The number of aromatic nitrogens is 2. The topological polar surface area (TPSA) is 97.6 Å². The summed E-state index contributed by atoms with van der Waals surface area (Å²) in [5, 5.41) is 7.04. The highest BCUT2D eigenvalue weighted by Gasteiger charge is 2.34. The number of nitrogens with one attached hydrogen (secondary N) is 1. The smallest absolute Gasteiger partial charge is 0.260 e. The number of amides is 2. The lowest BCUT2D eigenvalue weighted by Gasteiger charge is -2.17. The minimum Gasteiger partial charge on any atom is -0.497 e. The number of carbonyl (C=O) groups excluding carboxylic acids is 2. The zero-order valence-electron chi connectivity index (χ0n) is 19.2. The van der Waals surface area contributed by atoms with E-state index in [4.69, 9.17) is 9.26 Å². The Kier molecular flexibility index (Phi) is 6.26. The Bertz CT molecular complexity index is 1330. The van der Waals surface area contributed by atoms with Crippen LogP contribution >= 0.6 is 0 Å². The second-order valence-electron chi connectivity index (χ2n) is 8.35. The van der Waals surface area contributed by atoms with Gasteiger partial charge in [-0.3, -0.25) is 9.59 Å². The average Bonchev–Trinajstić information content (AvgIpc) is 3.52. The number of ether oxygens (including phenoxy) is 1. The standard InChI is InChI=1S/C27H24N4O4/c1-34-21-13-11-19(12-14-21)25-29-27(35-30-25)22-9-5-6-10-23(22)28-26(33)20-15-24(32)31(17-20)16-18-7-3-2-4-8-18/h2-14,20H,15-17H2,1H3,(H,28,33). The van der Waals surface area contributed by atoms with Gasteiger partial charge in [0.25, 0.3) is 5.89 Å². The van der Waals surface area contributed by atoms with Crippen molar-refractivity contribution in [1.82, 2.24) is 15.0 Å². The molecule has 1 aromatic heterocycles. The summed E-state index contributed by atoms with van der Waals surface area (Å²) >= 11 is 0. The summed E-state index contributed by atoms with van der Waals surface area (Å²) in [7, 11) is 1.61. The molecule has 8 nitrogen and oxygen atoms in total. The number of anilines is 1. The van der Waals surface area contributed by atoms with Gasteiger partial charge in [0.1, 0.15) is 5.75 Å². The minimum absolute atomic E-state index is 0.0247. The highest BCUT2D eigenvalue weighted by molar-refractivity contribution is 5.99. The Morgan fingerprint density at radius 1 is 1.06 bits per heavy atom. The number of nitrogens with zero attached hydrogens (tertiary/aromatic N) is 3. The van der Waals surface area contributed by atoms with Gasteiger partial charge in [-0.15, -0.1) is 0 Å². The third kappa shape index (κ3) is 4.91. The largest absolute Gasteiger partial charge is 0.497 e. The lowest BCUT2D eigenvalue weighted by atomic mass is 10.1. The van der Waals surface area contributed by atoms with E-state index in [0.717, 1.165) is 16.9 Å². The van der Waals surface area contributed by atoms with Gasteiger partial charge in [-0.1, -0.05) is 47.6 Å². The normalized spacial score (nSPS) is 15.3. The van der Waals surface area contributed by atoms with Crippen LogP contribution in [0.1, 0.15) is 12.0 Å². The predicted molar refractivity (Wildman–Crippen MR) is 130 cm³/mol. The zero-order valence-corrected chi connectivity index (χ0v) is 19.2. The number of rotatable bonds is 7. The number of methoxy groups -OCH3 is 1. The summed E-state index contributed by atoms with van der Waals surface area (Å²) in [5.74, 6) is 0.788. The van der Waals surface area contributed by atoms with Crippen LogP contribution in [0.25, 0.3) is 22.8 Å². The second kappa shape index (κ2) is 9.80. The minimum atomic E-state index is -0.434. The van der Waals surface area contributed by atoms with Crippen LogP contribution in [0.2, 0.25) is 0 Å². The van der Waals surface area contributed by atoms with E-state index in [2.05, 4.69) is 15.5 Å². The second-order valence-corrected chi connectivity index (χ2v) is 8.35. The summed E-state index contributed by atoms with van der Waals surface area (Å²) in [4.78, 5) is 31.8. The van der Waals surface area contributed by atoms with E-state index in [0.29, 0.717) is 36.1 Å². The van der Waals surface area contributed by atoms with E-state index in [1.165, 1.54) is 0 Å². The van der Waals surface area contributed by atoms with Gasteiger partial charge in [-0.05, 0) is 42.0 Å². The fourth-order valence-electron chi connectivity index (χ4n) is 4.11. The molecule has 176 valence electrons. The van der Waals surface area contributed by atoms with Crippen LogP contribution < -0.4 is 10.1 Å². The summed E-state index contributed by atoms with van der Waals surface area (Å²) in [5.41, 5.74) is 2.98. The fourth-order valence-corrected chi connectivity index (χ4v) is 4.11. The third-order valence-corrected chi connectivity index (χ3v) is 5.99. The van der Waals surface area contributed by atoms with Gasteiger partial charge in [0, 0.05) is 25.1 Å². The lowest BCUT2D eigenvalue weighted by molar-refractivity contribution is -0.128. The van der Waals surface area contributed by atoms with Crippen molar-refractivity contribution in [1.29, 1.82) is 0 Å². The number of carbonyl (C=O) groups is 2. The maximum absolute atomic E-state index is 13.1. The van der Waals surface area contributed by atoms with Crippen molar-refractivity contribution in [3.8, 4) is 28.6 Å². The van der Waals surface area contributed by atoms with Crippen LogP contribution in [0, 0.1) is 5.92 Å². The molecule has 1 fully saturated rings. The number of hydrogen-bond acceptors (Lipinski definition) is 6. The Balaban J connectivity index is 1.29. The Morgan fingerprint density at radius 2 is 1.80 bits per heavy atom. The highest BCUT2D eigenvalue weighted by atomic mass is 16.5. The molecule has 8 heteroatoms. The van der Waals surface area contributed by atoms with E-state index in [1.807, 2.05) is 72.8 Å². The van der Waals surface area contributed by atoms with Crippen LogP contribution in [0.15, 0.2) is 83.4 Å². The molecule has 1 unspecified atom stereocenters. The Morgan fingerprint density at radius 3 is 2.57 bits per heavy atom. The molecule has 2 heterocycles. The van der Waals surface area contributed by atoms with E-state index in [-0.39, 0.29) is 18.2 Å². The van der Waals surface area contributed by atoms with Crippen LogP contribution in [0.5, 0.6) is 5.75 Å². The molecule has 0 bridgehead atoms. The monoisotopic (exact) mass is 468 g/mol. The number of para-hydroxylation sites is 1. The summed E-state index contributed by atoms with van der Waals surface area (Å²) in [6, 6.07) is 24.3. The number of likely N-dealkylation sites (tertiary alicyclic amines) is 1. The van der Waals surface area contributed by atoms with Crippen LogP contribution in [-0.2, 0) is 16.1 Å². The molecule has 5 rings (SSSR count). The molecule has 0 radical (unpaired) electrons. The number of hydrogen-bond donors (Lipinski definition) is 1. The molecule has 0 saturated carbocycles. The Hall–Kier alpha value is -4.46. The van der Waals surface area contributed by atoms with Gasteiger partial charge < -0.3 is 19.5 Å². The maximum Gasteiger partial charge on any atom is 0.260 e. The van der Waals surface area contributed by atoms with Crippen LogP contribution in [0.4, 0.5) is 5.69 Å². The van der Waals surface area contributed by atoms with Gasteiger partial charge >= 0.3 is 0 Å². The van der Waals surface area contributed by atoms with Crippen molar-refractivity contribution in [3.05, 3.63) is 84.4 Å². The highest BCUT2D eigenvalue weighted by Crippen LogP contribution is 2.30. The molecular formula is C27H24N4O4. The van der Waals surface area contributed by atoms with Crippen molar-refractivity contribution in [2.45, 2.75) is 13.0 Å². The summed E-state index contributed by atoms with van der Waals surface area (Å²) in [6.07, 6.45) is 0.184. The first-order valence-electron chi connectivity index (χ1n) is 11.3. The molecule has 0 aliphatic carbocycles. The van der Waals surface area contributed by atoms with Crippen molar-refractivity contribution >= 4 is 17.5 Å². The van der Waals surface area contributed by atoms with Gasteiger partial charge in [0.2, 0.25) is 17.6 Å². The van der Waals surface area contributed by atoms with Gasteiger partial charge in [0.05, 0.1) is 24.3 Å². The van der Waals surface area contributed by atoms with Gasteiger partial charge in [-0.25, -0.2) is 0 Å². The van der Waals surface area contributed by atoms with E-state index < -0.39 is 5.92 Å². The van der Waals surface area contributed by atoms with Crippen molar-refractivity contribution < 1.29 is 18.8 Å². The predicted octanol–water partition coefficient (Wildman–Crippen LogP) is 4.40. The zero-order chi connectivity index (χ0) is 24.2. The SMILES string of the molecule is COc1ccc(-c2noc(-c3ccccc3NC(=O)C3CC(=O)N(Cc4ccccc4)C3)n2)cc1. The summed E-state index contributed by atoms with van der Waals surface area (Å²) in [6.45, 7) is 0.875. The Labute approximate surface area is 202 Å². The molecule has 1 aliphatic rings. The first-order chi connectivity index (χ1) is 17.1. The lowest BCUT2D eigenvalue weighted by Crippen LogP contribution is -2.28.